The van der Waals surface area contributed by atoms with Crippen LogP contribution in [0.2, 0.25) is 0 Å². The van der Waals surface area contributed by atoms with E-state index in [1.54, 1.807) is 7.11 Å². The lowest BCUT2D eigenvalue weighted by molar-refractivity contribution is -0.137. The first-order chi connectivity index (χ1) is 17.1. The maximum absolute atomic E-state index is 14.8. The van der Waals surface area contributed by atoms with Crippen molar-refractivity contribution in [3.63, 3.8) is 0 Å². The van der Waals surface area contributed by atoms with E-state index < -0.39 is 23.0 Å². The molecule has 1 heterocycles. The van der Waals surface area contributed by atoms with Crippen molar-refractivity contribution in [2.45, 2.75) is 62.8 Å². The highest BCUT2D eigenvalue weighted by Gasteiger charge is 2.49. The third kappa shape index (κ3) is 4.43. The fourth-order valence-corrected chi connectivity index (χ4v) is 4.93. The van der Waals surface area contributed by atoms with Crippen LogP contribution in [-0.2, 0) is 16.3 Å². The van der Waals surface area contributed by atoms with Gasteiger partial charge >= 0.3 is 6.18 Å². The van der Waals surface area contributed by atoms with Crippen molar-refractivity contribution < 1.29 is 22.3 Å². The average molecular weight is 500 g/mol. The van der Waals surface area contributed by atoms with Gasteiger partial charge in [-0.1, -0.05) is 18.7 Å². The van der Waals surface area contributed by atoms with Crippen molar-refractivity contribution in [2.24, 2.45) is 0 Å². The summed E-state index contributed by atoms with van der Waals surface area (Å²) in [7, 11) is 1.65. The monoisotopic (exact) mass is 499 g/mol. The molecule has 36 heavy (non-hydrogen) atoms. The van der Waals surface area contributed by atoms with Crippen LogP contribution in [0.15, 0.2) is 61.1 Å². The van der Waals surface area contributed by atoms with Crippen LogP contribution < -0.4 is 5.32 Å². The second kappa shape index (κ2) is 9.07. The molecule has 0 bridgehead atoms. The van der Waals surface area contributed by atoms with E-state index in [1.807, 2.05) is 36.0 Å². The molecular weight excluding hydrogens is 470 g/mol. The molecule has 2 fully saturated rings. The van der Waals surface area contributed by atoms with Gasteiger partial charge in [0.25, 0.3) is 0 Å². The largest absolute Gasteiger partial charge is 0.416 e. The fourth-order valence-electron chi connectivity index (χ4n) is 4.93. The Bertz CT molecular complexity index is 1290. The van der Waals surface area contributed by atoms with Crippen LogP contribution in [0.1, 0.15) is 67.9 Å². The Kier molecular flexibility index (Phi) is 6.19. The number of alkyl halides is 3. The van der Waals surface area contributed by atoms with Gasteiger partial charge in [0.1, 0.15) is 5.82 Å². The van der Waals surface area contributed by atoms with Crippen LogP contribution in [-0.4, -0.2) is 16.9 Å². The number of nitrogens with one attached hydrogen (secondary N) is 1. The van der Waals surface area contributed by atoms with Crippen molar-refractivity contribution in [1.29, 1.82) is 0 Å². The Morgan fingerprint density at radius 2 is 1.94 bits per heavy atom. The summed E-state index contributed by atoms with van der Waals surface area (Å²) >= 11 is 0. The molecule has 1 N–H and O–H groups in total. The molecule has 0 radical (unpaired) electrons. The minimum Gasteiger partial charge on any atom is -0.377 e. The first kappa shape index (κ1) is 24.6. The van der Waals surface area contributed by atoms with Crippen LogP contribution in [0.4, 0.5) is 23.2 Å². The van der Waals surface area contributed by atoms with E-state index in [-0.39, 0.29) is 11.7 Å². The molecule has 8 heteroatoms. The summed E-state index contributed by atoms with van der Waals surface area (Å²) in [6.07, 6.45) is 3.92. The topological polar surface area (TPSA) is 39.1 Å². The van der Waals surface area contributed by atoms with Crippen LogP contribution in [0, 0.1) is 5.82 Å². The number of benzene rings is 2. The van der Waals surface area contributed by atoms with Crippen LogP contribution in [0.5, 0.6) is 0 Å². The number of hydrogen-bond acceptors (Lipinski definition) is 3. The Hall–Kier alpha value is -3.13. The minimum absolute atomic E-state index is 0.190. The van der Waals surface area contributed by atoms with E-state index in [0.29, 0.717) is 30.6 Å². The minimum atomic E-state index is -4.59. The van der Waals surface area contributed by atoms with Gasteiger partial charge in [-0.15, -0.1) is 0 Å². The number of rotatable bonds is 8. The van der Waals surface area contributed by atoms with Crippen molar-refractivity contribution in [3.05, 3.63) is 83.6 Å². The molecule has 1 aromatic heterocycles. The summed E-state index contributed by atoms with van der Waals surface area (Å²) in [4.78, 5) is 0. The van der Waals surface area contributed by atoms with E-state index >= 15 is 0 Å². The fraction of sp³-hybridized carbons (Fsp3) is 0.393. The van der Waals surface area contributed by atoms with E-state index in [4.69, 9.17) is 4.74 Å². The SMILES string of the molecule is C=C(Nc1ccc(-c2cnn(C3CCC3)c2)c(C(C)OC)c1)C1(c2ccc(C(F)(F)F)cc2F)CC1. The van der Waals surface area contributed by atoms with Gasteiger partial charge in [0, 0.05) is 35.7 Å². The second-order valence-corrected chi connectivity index (χ2v) is 9.85. The van der Waals surface area contributed by atoms with E-state index in [1.165, 1.54) is 12.5 Å². The Morgan fingerprint density at radius 1 is 1.19 bits per heavy atom. The normalized spacial score (nSPS) is 17.9. The third-order valence-corrected chi connectivity index (χ3v) is 7.64. The molecule has 3 aromatic rings. The highest BCUT2D eigenvalue weighted by Crippen LogP contribution is 2.54. The van der Waals surface area contributed by atoms with Crippen LogP contribution >= 0.6 is 0 Å². The van der Waals surface area contributed by atoms with E-state index in [0.717, 1.165) is 41.3 Å². The Balaban J connectivity index is 1.40. The molecule has 190 valence electrons. The van der Waals surface area contributed by atoms with E-state index in [9.17, 15) is 17.6 Å². The molecule has 1 unspecified atom stereocenters. The molecule has 2 aliphatic rings. The van der Waals surface area contributed by atoms with Gasteiger partial charge in [0.15, 0.2) is 0 Å². The van der Waals surface area contributed by atoms with Crippen molar-refractivity contribution in [1.82, 2.24) is 9.78 Å². The summed E-state index contributed by atoms with van der Waals surface area (Å²) in [6, 6.07) is 9.11. The predicted molar refractivity (Wildman–Crippen MR) is 131 cm³/mol. The van der Waals surface area contributed by atoms with Gasteiger partial charge in [-0.25, -0.2) is 4.39 Å². The quantitative estimate of drug-likeness (QED) is 0.322. The van der Waals surface area contributed by atoms with Gasteiger partial charge in [-0.05, 0) is 80.0 Å². The molecule has 0 aliphatic heterocycles. The lowest BCUT2D eigenvalue weighted by Gasteiger charge is -2.25. The molecule has 4 nitrogen and oxygen atoms in total. The molecule has 0 saturated heterocycles. The first-order valence-corrected chi connectivity index (χ1v) is 12.2. The van der Waals surface area contributed by atoms with Gasteiger partial charge in [-0.2, -0.15) is 18.3 Å². The standard InChI is InChI=1S/C28H29F4N3O/c1-17(36-3)24-14-21(8-9-23(24)19-15-33-35(16-19)22-5-4-6-22)34-18(2)27(11-12-27)25-10-7-20(13-26(25)29)28(30,31)32/h7-10,13-17,22,34H,2,4-6,11-12H2,1,3H3. The number of hydrogen-bond donors (Lipinski definition) is 1. The number of aromatic nitrogens is 2. The summed E-state index contributed by atoms with van der Waals surface area (Å²) in [5.41, 5.74) is 2.82. The smallest absolute Gasteiger partial charge is 0.377 e. The summed E-state index contributed by atoms with van der Waals surface area (Å²) in [5, 5.41) is 7.85. The number of allylic oxidation sites excluding steroid dienone is 1. The van der Waals surface area contributed by atoms with Crippen LogP contribution in [0.3, 0.4) is 0 Å². The molecule has 0 spiro atoms. The average Bonchev–Trinajstić information content (AvgIpc) is 3.48. The zero-order chi connectivity index (χ0) is 25.7. The highest BCUT2D eigenvalue weighted by molar-refractivity contribution is 5.71. The molecule has 2 aromatic carbocycles. The highest BCUT2D eigenvalue weighted by atomic mass is 19.4. The van der Waals surface area contributed by atoms with Gasteiger partial charge < -0.3 is 10.1 Å². The Morgan fingerprint density at radius 3 is 2.53 bits per heavy atom. The number of ether oxygens (including phenoxy) is 1. The predicted octanol–water partition coefficient (Wildman–Crippen LogP) is 7.80. The van der Waals surface area contributed by atoms with Gasteiger partial charge in [-0.3, -0.25) is 4.68 Å². The summed E-state index contributed by atoms with van der Waals surface area (Å²) < 4.78 is 61.4. The number of nitrogens with zero attached hydrogens (tertiary/aromatic N) is 2. The molecule has 0 amide bonds. The van der Waals surface area contributed by atoms with Gasteiger partial charge in [0.05, 0.1) is 23.9 Å². The molecule has 5 rings (SSSR count). The second-order valence-electron chi connectivity index (χ2n) is 9.85. The van der Waals surface area contributed by atoms with Crippen LogP contribution in [0.25, 0.3) is 11.1 Å². The third-order valence-electron chi connectivity index (χ3n) is 7.64. The molecular formula is C28H29F4N3O. The number of anilines is 1. The summed E-state index contributed by atoms with van der Waals surface area (Å²) in [5.74, 6) is -0.863. The molecule has 2 saturated carbocycles. The maximum Gasteiger partial charge on any atom is 0.416 e. The zero-order valence-corrected chi connectivity index (χ0v) is 20.3. The molecule has 1 atom stereocenters. The maximum atomic E-state index is 14.8. The van der Waals surface area contributed by atoms with Crippen molar-refractivity contribution in [2.75, 3.05) is 12.4 Å². The van der Waals surface area contributed by atoms with Gasteiger partial charge in [0.2, 0.25) is 0 Å². The van der Waals surface area contributed by atoms with Crippen molar-refractivity contribution >= 4 is 5.69 Å². The van der Waals surface area contributed by atoms with E-state index in [2.05, 4.69) is 23.2 Å². The lowest BCUT2D eigenvalue weighted by Crippen LogP contribution is -2.19. The number of methoxy groups -OCH3 is 1. The first-order valence-electron chi connectivity index (χ1n) is 12.2. The summed E-state index contributed by atoms with van der Waals surface area (Å²) in [6.45, 7) is 6.11. The molecule has 2 aliphatic carbocycles. The zero-order valence-electron chi connectivity index (χ0n) is 20.3. The lowest BCUT2D eigenvalue weighted by atomic mass is 9.91. The Labute approximate surface area is 208 Å². The number of halogens is 4. The van der Waals surface area contributed by atoms with Crippen molar-refractivity contribution in [3.8, 4) is 11.1 Å².